The van der Waals surface area contributed by atoms with Gasteiger partial charge in [-0.05, 0) is 25.7 Å². The molecule has 0 aromatic heterocycles. The minimum atomic E-state index is 0.966. The van der Waals surface area contributed by atoms with Crippen molar-refractivity contribution in [2.45, 2.75) is 65.2 Å². The smallest absolute Gasteiger partial charge is 0.00891 e. The predicted molar refractivity (Wildman–Crippen MR) is 56.0 cm³/mol. The molecule has 0 radical (unpaired) electrons. The van der Waals surface area contributed by atoms with E-state index in [1.54, 1.807) is 0 Å². The summed E-state index contributed by atoms with van der Waals surface area (Å²) in [7, 11) is 0. The molecule has 0 bridgehead atoms. The van der Waals surface area contributed by atoms with Gasteiger partial charge in [-0.15, -0.1) is 0 Å². The Labute approximate surface area is 77.1 Å². The SMILES string of the molecule is CCCCCCC(=N)CCCC. The van der Waals surface area contributed by atoms with Crippen molar-refractivity contribution >= 4 is 5.71 Å². The van der Waals surface area contributed by atoms with E-state index < -0.39 is 0 Å². The van der Waals surface area contributed by atoms with Gasteiger partial charge < -0.3 is 5.41 Å². The third-order valence-electron chi connectivity index (χ3n) is 2.16. The van der Waals surface area contributed by atoms with Gasteiger partial charge in [-0.3, -0.25) is 0 Å². The number of rotatable bonds is 8. The highest BCUT2D eigenvalue weighted by molar-refractivity contribution is 5.81. The van der Waals surface area contributed by atoms with E-state index in [1.807, 2.05) is 0 Å². The summed E-state index contributed by atoms with van der Waals surface area (Å²) in [6.07, 6.45) is 9.66. The van der Waals surface area contributed by atoms with E-state index >= 15 is 0 Å². The Bertz CT molecular complexity index is 108. The van der Waals surface area contributed by atoms with E-state index in [9.17, 15) is 0 Å². The molecule has 72 valence electrons. The van der Waals surface area contributed by atoms with Crippen LogP contribution in [-0.4, -0.2) is 5.71 Å². The molecule has 0 rings (SSSR count). The normalized spacial score (nSPS) is 10.2. The number of hydrogen-bond acceptors (Lipinski definition) is 1. The van der Waals surface area contributed by atoms with E-state index in [2.05, 4.69) is 13.8 Å². The summed E-state index contributed by atoms with van der Waals surface area (Å²) in [6.45, 7) is 4.41. The summed E-state index contributed by atoms with van der Waals surface area (Å²) in [5.41, 5.74) is 0.966. The van der Waals surface area contributed by atoms with Gasteiger partial charge in [-0.25, -0.2) is 0 Å². The van der Waals surface area contributed by atoms with Crippen LogP contribution in [0.3, 0.4) is 0 Å². The lowest BCUT2D eigenvalue weighted by Crippen LogP contribution is -1.95. The fourth-order valence-corrected chi connectivity index (χ4v) is 1.28. The van der Waals surface area contributed by atoms with E-state index in [0.717, 1.165) is 18.6 Å². The fraction of sp³-hybridized carbons (Fsp3) is 0.909. The Morgan fingerprint density at radius 1 is 0.833 bits per heavy atom. The highest BCUT2D eigenvalue weighted by atomic mass is 14.4. The van der Waals surface area contributed by atoms with E-state index in [4.69, 9.17) is 5.41 Å². The average Bonchev–Trinajstić information content (AvgIpc) is 2.09. The lowest BCUT2D eigenvalue weighted by atomic mass is 10.1. The topological polar surface area (TPSA) is 23.9 Å². The molecular formula is C11H23N. The van der Waals surface area contributed by atoms with Crippen LogP contribution in [0.5, 0.6) is 0 Å². The van der Waals surface area contributed by atoms with Crippen molar-refractivity contribution in [1.82, 2.24) is 0 Å². The molecular weight excluding hydrogens is 146 g/mol. The van der Waals surface area contributed by atoms with Gasteiger partial charge in [0.2, 0.25) is 0 Å². The molecule has 0 saturated heterocycles. The third kappa shape index (κ3) is 7.77. The summed E-state index contributed by atoms with van der Waals surface area (Å²) >= 11 is 0. The minimum absolute atomic E-state index is 0.966. The molecule has 0 aromatic rings. The van der Waals surface area contributed by atoms with Crippen molar-refractivity contribution in [2.24, 2.45) is 0 Å². The minimum Gasteiger partial charge on any atom is -0.310 e. The Morgan fingerprint density at radius 3 is 2.00 bits per heavy atom. The van der Waals surface area contributed by atoms with Crippen LogP contribution in [0.1, 0.15) is 65.2 Å². The zero-order valence-electron chi connectivity index (χ0n) is 8.66. The third-order valence-corrected chi connectivity index (χ3v) is 2.16. The zero-order chi connectivity index (χ0) is 9.23. The van der Waals surface area contributed by atoms with Crippen LogP contribution < -0.4 is 0 Å². The number of hydrogen-bond donors (Lipinski definition) is 1. The van der Waals surface area contributed by atoms with Crippen molar-refractivity contribution < 1.29 is 0 Å². The van der Waals surface area contributed by atoms with Gasteiger partial charge in [0.15, 0.2) is 0 Å². The molecule has 0 unspecified atom stereocenters. The second-order valence-electron chi connectivity index (χ2n) is 3.52. The Morgan fingerprint density at radius 2 is 1.42 bits per heavy atom. The number of unbranched alkanes of at least 4 members (excludes halogenated alkanes) is 4. The first-order valence-corrected chi connectivity index (χ1v) is 5.37. The van der Waals surface area contributed by atoms with Crippen LogP contribution in [0.4, 0.5) is 0 Å². The van der Waals surface area contributed by atoms with Gasteiger partial charge in [0.25, 0.3) is 0 Å². The average molecular weight is 169 g/mol. The molecule has 0 aliphatic carbocycles. The summed E-state index contributed by atoms with van der Waals surface area (Å²) in [4.78, 5) is 0. The van der Waals surface area contributed by atoms with Crippen LogP contribution in [0, 0.1) is 5.41 Å². The van der Waals surface area contributed by atoms with Crippen LogP contribution in [0.2, 0.25) is 0 Å². The molecule has 1 heteroatoms. The fourth-order valence-electron chi connectivity index (χ4n) is 1.28. The van der Waals surface area contributed by atoms with Crippen LogP contribution in [0.25, 0.3) is 0 Å². The van der Waals surface area contributed by atoms with Crippen molar-refractivity contribution in [1.29, 1.82) is 5.41 Å². The lowest BCUT2D eigenvalue weighted by Gasteiger charge is -2.01. The van der Waals surface area contributed by atoms with Crippen molar-refractivity contribution in [3.63, 3.8) is 0 Å². The lowest BCUT2D eigenvalue weighted by molar-refractivity contribution is 0.676. The highest BCUT2D eigenvalue weighted by Crippen LogP contribution is 2.06. The van der Waals surface area contributed by atoms with Crippen LogP contribution in [-0.2, 0) is 0 Å². The molecule has 0 saturated carbocycles. The molecule has 0 atom stereocenters. The van der Waals surface area contributed by atoms with E-state index in [-0.39, 0.29) is 0 Å². The zero-order valence-corrected chi connectivity index (χ0v) is 8.66. The molecule has 0 heterocycles. The molecule has 1 N–H and O–H groups in total. The van der Waals surface area contributed by atoms with Gasteiger partial charge in [-0.2, -0.15) is 0 Å². The monoisotopic (exact) mass is 169 g/mol. The van der Waals surface area contributed by atoms with Gasteiger partial charge >= 0.3 is 0 Å². The highest BCUT2D eigenvalue weighted by Gasteiger charge is 1.95. The van der Waals surface area contributed by atoms with E-state index in [1.165, 1.54) is 38.5 Å². The molecule has 0 spiro atoms. The first kappa shape index (κ1) is 11.7. The summed E-state index contributed by atoms with van der Waals surface area (Å²) in [6, 6.07) is 0. The van der Waals surface area contributed by atoms with Gasteiger partial charge in [-0.1, -0.05) is 39.5 Å². The summed E-state index contributed by atoms with van der Waals surface area (Å²) < 4.78 is 0. The van der Waals surface area contributed by atoms with Gasteiger partial charge in [0, 0.05) is 5.71 Å². The summed E-state index contributed by atoms with van der Waals surface area (Å²) in [5, 5.41) is 7.63. The maximum Gasteiger partial charge on any atom is 0.00891 e. The van der Waals surface area contributed by atoms with Gasteiger partial charge in [0.05, 0.1) is 0 Å². The van der Waals surface area contributed by atoms with Crippen molar-refractivity contribution in [3.8, 4) is 0 Å². The summed E-state index contributed by atoms with van der Waals surface area (Å²) in [5.74, 6) is 0. The maximum absolute atomic E-state index is 7.63. The standard InChI is InChI=1S/C11H23N/c1-3-5-7-8-10-11(12)9-6-4-2/h12H,3-10H2,1-2H3. The largest absolute Gasteiger partial charge is 0.310 e. The van der Waals surface area contributed by atoms with E-state index in [0.29, 0.717) is 0 Å². The molecule has 12 heavy (non-hydrogen) atoms. The Kier molecular flexibility index (Phi) is 8.52. The van der Waals surface area contributed by atoms with Crippen LogP contribution >= 0.6 is 0 Å². The Hall–Kier alpha value is -0.330. The maximum atomic E-state index is 7.63. The second-order valence-corrected chi connectivity index (χ2v) is 3.52. The molecule has 0 amide bonds. The Balaban J connectivity index is 3.08. The van der Waals surface area contributed by atoms with Gasteiger partial charge in [0.1, 0.15) is 0 Å². The second kappa shape index (κ2) is 8.76. The molecule has 0 aliphatic heterocycles. The quantitative estimate of drug-likeness (QED) is 0.416. The molecule has 0 fully saturated rings. The number of nitrogens with one attached hydrogen (secondary N) is 1. The van der Waals surface area contributed by atoms with Crippen molar-refractivity contribution in [3.05, 3.63) is 0 Å². The first-order valence-electron chi connectivity index (χ1n) is 5.37. The molecule has 0 aromatic carbocycles. The van der Waals surface area contributed by atoms with Crippen molar-refractivity contribution in [2.75, 3.05) is 0 Å². The predicted octanol–water partition coefficient (Wildman–Crippen LogP) is 4.17. The molecule has 0 aliphatic rings. The van der Waals surface area contributed by atoms with Crippen LogP contribution in [0.15, 0.2) is 0 Å². The first-order chi connectivity index (χ1) is 5.81. The molecule has 1 nitrogen and oxygen atoms in total.